The first kappa shape index (κ1) is 29.3. The Hall–Kier alpha value is -3.64. The predicted octanol–water partition coefficient (Wildman–Crippen LogP) is 8.53. The van der Waals surface area contributed by atoms with Crippen molar-refractivity contribution in [2.24, 2.45) is 0 Å². The van der Waals surface area contributed by atoms with Crippen LogP contribution >= 0.6 is 23.4 Å². The second-order valence-electron chi connectivity index (χ2n) is 8.47. The molecule has 0 fully saturated rings. The highest BCUT2D eigenvalue weighted by atomic mass is 35.5. The summed E-state index contributed by atoms with van der Waals surface area (Å²) in [5.74, 6) is 0.152. The molecule has 0 saturated carbocycles. The van der Waals surface area contributed by atoms with Gasteiger partial charge in [0.15, 0.2) is 0 Å². The van der Waals surface area contributed by atoms with Crippen LogP contribution in [0.25, 0.3) is 11.1 Å². The van der Waals surface area contributed by atoms with Crippen molar-refractivity contribution >= 4 is 23.4 Å². The maximum Gasteiger partial charge on any atom is 0.417 e. The number of nitrogens with zero attached hydrogens (tertiary/aromatic N) is 1. The van der Waals surface area contributed by atoms with Gasteiger partial charge in [-0.15, -0.1) is 11.8 Å². The highest BCUT2D eigenvalue weighted by molar-refractivity contribution is 7.99. The highest BCUT2D eigenvalue weighted by Crippen LogP contribution is 2.37. The Kier molecular flexibility index (Phi) is 8.41. The number of hydrogen-bond acceptors (Lipinski definition) is 6. The third kappa shape index (κ3) is 6.92. The minimum absolute atomic E-state index is 0.103. The first-order valence-corrected chi connectivity index (χ1v) is 12.8. The third-order valence-electron chi connectivity index (χ3n) is 5.60. The van der Waals surface area contributed by atoms with Gasteiger partial charge in [0.05, 0.1) is 11.1 Å². The molecule has 0 aliphatic rings. The summed E-state index contributed by atoms with van der Waals surface area (Å²) in [6, 6.07) is 11.0. The molecule has 0 amide bonds. The number of benzene rings is 2. The first-order chi connectivity index (χ1) is 18.7. The largest absolute Gasteiger partial charge is 0.507 e. The van der Waals surface area contributed by atoms with E-state index in [1.54, 1.807) is 6.92 Å². The van der Waals surface area contributed by atoms with E-state index >= 15 is 0 Å². The Morgan fingerprint density at radius 2 is 1.65 bits per heavy atom. The molecule has 13 heteroatoms. The number of pyridine rings is 1. The molecule has 0 bridgehead atoms. The summed E-state index contributed by atoms with van der Waals surface area (Å²) in [5.41, 5.74) is -1.88. The standard InChI is InChI=1S/C27H18ClF6NO4S/c1-14-10-17(38-24-21(28)11-16(13-35-24)27(32,33)34)4-7-20(14)23-22(36)12-18(39-25(23)37)8-9-40-19-5-2-15(3-6-19)26(29,30)31/h2-7,10-13,36H,8-9H2,1H3. The van der Waals surface area contributed by atoms with Crippen molar-refractivity contribution in [2.45, 2.75) is 30.6 Å². The Balaban J connectivity index is 1.45. The number of hydrogen-bond donors (Lipinski definition) is 1. The van der Waals surface area contributed by atoms with Crippen molar-refractivity contribution in [3.8, 4) is 28.5 Å². The summed E-state index contributed by atoms with van der Waals surface area (Å²) in [7, 11) is 0. The van der Waals surface area contributed by atoms with Crippen LogP contribution in [0.2, 0.25) is 5.02 Å². The molecule has 4 rings (SSSR count). The molecule has 0 unspecified atom stereocenters. The normalized spacial score (nSPS) is 12.0. The van der Waals surface area contributed by atoms with Gasteiger partial charge in [0.2, 0.25) is 5.88 Å². The van der Waals surface area contributed by atoms with Gasteiger partial charge in [0.25, 0.3) is 0 Å². The van der Waals surface area contributed by atoms with Crippen LogP contribution in [-0.2, 0) is 18.8 Å². The van der Waals surface area contributed by atoms with Crippen molar-refractivity contribution < 1.29 is 40.6 Å². The molecular formula is C27H18ClF6NO4S. The van der Waals surface area contributed by atoms with Crippen LogP contribution in [0.15, 0.2) is 74.9 Å². The van der Waals surface area contributed by atoms with Gasteiger partial charge in [-0.3, -0.25) is 0 Å². The molecule has 1 N–H and O–H groups in total. The Morgan fingerprint density at radius 3 is 2.23 bits per heavy atom. The van der Waals surface area contributed by atoms with Gasteiger partial charge >= 0.3 is 18.0 Å². The minimum Gasteiger partial charge on any atom is -0.507 e. The van der Waals surface area contributed by atoms with Gasteiger partial charge < -0.3 is 14.3 Å². The van der Waals surface area contributed by atoms with E-state index in [4.69, 9.17) is 20.8 Å². The summed E-state index contributed by atoms with van der Waals surface area (Å²) in [4.78, 5) is 16.9. The molecule has 0 saturated heterocycles. The molecule has 40 heavy (non-hydrogen) atoms. The lowest BCUT2D eigenvalue weighted by Gasteiger charge is -2.12. The molecule has 2 aromatic carbocycles. The fourth-order valence-electron chi connectivity index (χ4n) is 3.66. The van der Waals surface area contributed by atoms with Crippen LogP contribution in [0.4, 0.5) is 26.3 Å². The number of aryl methyl sites for hydroxylation is 2. The van der Waals surface area contributed by atoms with Gasteiger partial charge in [0, 0.05) is 29.3 Å². The minimum atomic E-state index is -4.61. The van der Waals surface area contributed by atoms with E-state index < -0.39 is 29.1 Å². The average molecular weight is 602 g/mol. The van der Waals surface area contributed by atoms with E-state index in [0.29, 0.717) is 34.0 Å². The molecule has 4 aromatic rings. The zero-order valence-electron chi connectivity index (χ0n) is 20.4. The smallest absolute Gasteiger partial charge is 0.417 e. The lowest BCUT2D eigenvalue weighted by Crippen LogP contribution is -2.07. The SMILES string of the molecule is Cc1cc(Oc2ncc(C(F)(F)F)cc2Cl)ccc1-c1c(O)cc(CCSc2ccc(C(F)(F)F)cc2)oc1=O. The van der Waals surface area contributed by atoms with Crippen LogP contribution in [0.3, 0.4) is 0 Å². The second kappa shape index (κ2) is 11.5. The molecule has 0 aliphatic heterocycles. The van der Waals surface area contributed by atoms with Crippen LogP contribution in [0.5, 0.6) is 17.4 Å². The number of ether oxygens (including phenoxy) is 1. The highest BCUT2D eigenvalue weighted by Gasteiger charge is 2.32. The maximum atomic E-state index is 12.8. The summed E-state index contributed by atoms with van der Waals surface area (Å²) in [5, 5.41) is 10.2. The van der Waals surface area contributed by atoms with Crippen LogP contribution in [-0.4, -0.2) is 15.8 Å². The fraction of sp³-hybridized carbons (Fsp3) is 0.185. The Labute approximate surface area is 232 Å². The Morgan fingerprint density at radius 1 is 0.975 bits per heavy atom. The topological polar surface area (TPSA) is 72.6 Å². The summed E-state index contributed by atoms with van der Waals surface area (Å²) in [6.07, 6.45) is -8.22. The molecule has 210 valence electrons. The van der Waals surface area contributed by atoms with E-state index in [0.717, 1.165) is 12.1 Å². The number of halogens is 7. The molecule has 0 atom stereocenters. The lowest BCUT2D eigenvalue weighted by molar-refractivity contribution is -0.138. The van der Waals surface area contributed by atoms with Gasteiger partial charge in [-0.25, -0.2) is 9.78 Å². The van der Waals surface area contributed by atoms with Crippen LogP contribution in [0.1, 0.15) is 22.5 Å². The number of rotatable bonds is 7. The van der Waals surface area contributed by atoms with E-state index in [2.05, 4.69) is 4.98 Å². The molecule has 2 aromatic heterocycles. The van der Waals surface area contributed by atoms with E-state index in [9.17, 15) is 36.2 Å². The number of aromatic hydroxyl groups is 1. The second-order valence-corrected chi connectivity index (χ2v) is 10.0. The quantitative estimate of drug-likeness (QED) is 0.169. The maximum absolute atomic E-state index is 12.8. The predicted molar refractivity (Wildman–Crippen MR) is 137 cm³/mol. The van der Waals surface area contributed by atoms with Gasteiger partial charge in [-0.2, -0.15) is 26.3 Å². The summed E-state index contributed by atoms with van der Waals surface area (Å²) in [6.45, 7) is 1.62. The lowest BCUT2D eigenvalue weighted by atomic mass is 10.0. The van der Waals surface area contributed by atoms with E-state index in [1.165, 1.54) is 48.2 Å². The summed E-state index contributed by atoms with van der Waals surface area (Å²) >= 11 is 7.14. The molecule has 0 radical (unpaired) electrons. The first-order valence-electron chi connectivity index (χ1n) is 11.4. The van der Waals surface area contributed by atoms with Gasteiger partial charge in [0.1, 0.15) is 27.8 Å². The monoisotopic (exact) mass is 601 g/mol. The fourth-order valence-corrected chi connectivity index (χ4v) is 4.73. The van der Waals surface area contributed by atoms with Gasteiger partial charge in [-0.1, -0.05) is 17.7 Å². The van der Waals surface area contributed by atoms with Crippen molar-refractivity contribution in [2.75, 3.05) is 5.75 Å². The Bertz CT molecular complexity index is 1590. The van der Waals surface area contributed by atoms with Crippen molar-refractivity contribution in [1.82, 2.24) is 4.98 Å². The van der Waals surface area contributed by atoms with Gasteiger partial charge in [-0.05, 0) is 60.5 Å². The summed E-state index contributed by atoms with van der Waals surface area (Å²) < 4.78 is 87.4. The molecule has 0 spiro atoms. The van der Waals surface area contributed by atoms with Crippen molar-refractivity contribution in [3.63, 3.8) is 0 Å². The number of aromatic nitrogens is 1. The van der Waals surface area contributed by atoms with Crippen LogP contribution < -0.4 is 10.4 Å². The van der Waals surface area contributed by atoms with Crippen molar-refractivity contribution in [1.29, 1.82) is 0 Å². The van der Waals surface area contributed by atoms with Crippen molar-refractivity contribution in [3.05, 3.63) is 98.7 Å². The molecule has 5 nitrogen and oxygen atoms in total. The zero-order valence-corrected chi connectivity index (χ0v) is 21.9. The third-order valence-corrected chi connectivity index (χ3v) is 6.88. The van der Waals surface area contributed by atoms with E-state index in [1.807, 2.05) is 0 Å². The molecule has 0 aliphatic carbocycles. The molecule has 2 heterocycles. The van der Waals surface area contributed by atoms with E-state index in [-0.39, 0.29) is 40.1 Å². The molecular weight excluding hydrogens is 584 g/mol. The number of thioether (sulfide) groups is 1. The zero-order chi connectivity index (χ0) is 29.2. The number of alkyl halides is 6. The van der Waals surface area contributed by atoms with Crippen LogP contribution in [0, 0.1) is 6.92 Å². The average Bonchev–Trinajstić information content (AvgIpc) is 2.85.